The van der Waals surface area contributed by atoms with Crippen molar-refractivity contribution >= 4 is 38.4 Å². The molecule has 0 bridgehead atoms. The van der Waals surface area contributed by atoms with Crippen LogP contribution < -0.4 is 5.73 Å². The normalized spacial score (nSPS) is 14.0. The molecule has 20 heavy (non-hydrogen) atoms. The van der Waals surface area contributed by atoms with E-state index in [1.54, 1.807) is 37.0 Å². The van der Waals surface area contributed by atoms with Crippen LogP contribution in [-0.4, -0.2) is 42.8 Å². The van der Waals surface area contributed by atoms with Crippen LogP contribution in [0, 0.1) is 0 Å². The monoisotopic (exact) mass is 313 g/mol. The maximum atomic E-state index is 12.7. The fourth-order valence-electron chi connectivity index (χ4n) is 2.06. The van der Waals surface area contributed by atoms with Gasteiger partial charge in [0.15, 0.2) is 0 Å². The summed E-state index contributed by atoms with van der Waals surface area (Å²) >= 11 is 1.62. The molecule has 0 radical (unpaired) electrons. The van der Waals surface area contributed by atoms with Gasteiger partial charge in [0.1, 0.15) is 4.90 Å². The van der Waals surface area contributed by atoms with E-state index in [0.717, 1.165) is 11.3 Å². The Hall–Kier alpha value is -1.18. The van der Waals surface area contributed by atoms with Gasteiger partial charge >= 0.3 is 0 Å². The van der Waals surface area contributed by atoms with Crippen molar-refractivity contribution in [1.29, 1.82) is 0 Å². The predicted molar refractivity (Wildman–Crippen MR) is 85.5 cm³/mol. The summed E-state index contributed by atoms with van der Waals surface area (Å²) in [6.07, 6.45) is 3.49. The molecule has 0 fully saturated rings. The molecule has 0 aliphatic heterocycles. The molecule has 1 heterocycles. The minimum atomic E-state index is -3.53. The van der Waals surface area contributed by atoms with Crippen molar-refractivity contribution in [1.82, 2.24) is 9.29 Å². The molecule has 1 aromatic heterocycles. The fourth-order valence-corrected chi connectivity index (χ4v) is 4.38. The largest absolute Gasteiger partial charge is 0.399 e. The molecule has 0 aliphatic carbocycles. The van der Waals surface area contributed by atoms with E-state index in [1.807, 2.05) is 13.2 Å². The Morgan fingerprint density at radius 2 is 2.15 bits per heavy atom. The summed E-state index contributed by atoms with van der Waals surface area (Å²) < 4.78 is 26.8. The number of hydrogen-bond donors (Lipinski definition) is 2. The number of aromatic amines is 1. The molecule has 1 aromatic carbocycles. The van der Waals surface area contributed by atoms with Crippen molar-refractivity contribution in [2.45, 2.75) is 17.9 Å². The quantitative estimate of drug-likeness (QED) is 0.829. The van der Waals surface area contributed by atoms with Crippen molar-refractivity contribution in [3.63, 3.8) is 0 Å². The second kappa shape index (κ2) is 5.67. The van der Waals surface area contributed by atoms with Crippen molar-refractivity contribution in [3.05, 3.63) is 24.4 Å². The SMILES string of the molecule is CSCC(C)N(C)S(=O)(=O)c1c[nH]c2ccc(N)cc12. The van der Waals surface area contributed by atoms with E-state index < -0.39 is 10.0 Å². The molecule has 3 N–H and O–H groups in total. The maximum Gasteiger partial charge on any atom is 0.245 e. The Labute approximate surface area is 123 Å². The van der Waals surface area contributed by atoms with E-state index in [0.29, 0.717) is 11.1 Å². The van der Waals surface area contributed by atoms with E-state index in [-0.39, 0.29) is 10.9 Å². The van der Waals surface area contributed by atoms with Crippen molar-refractivity contribution in [2.24, 2.45) is 0 Å². The first-order chi connectivity index (χ1) is 9.37. The first kappa shape index (κ1) is 15.2. The Kier molecular flexibility index (Phi) is 4.31. The highest BCUT2D eigenvalue weighted by Gasteiger charge is 2.27. The Morgan fingerprint density at radius 1 is 1.45 bits per heavy atom. The van der Waals surface area contributed by atoms with Gasteiger partial charge in [-0.2, -0.15) is 16.1 Å². The summed E-state index contributed by atoms with van der Waals surface area (Å²) in [4.78, 5) is 3.25. The lowest BCUT2D eigenvalue weighted by Gasteiger charge is -2.23. The average Bonchev–Trinajstić information content (AvgIpc) is 2.81. The average molecular weight is 313 g/mol. The number of aromatic nitrogens is 1. The summed E-state index contributed by atoms with van der Waals surface area (Å²) in [7, 11) is -1.91. The van der Waals surface area contributed by atoms with Crippen LogP contribution in [0.4, 0.5) is 5.69 Å². The number of thioether (sulfide) groups is 1. The number of nitrogens with one attached hydrogen (secondary N) is 1. The van der Waals surface area contributed by atoms with Crippen molar-refractivity contribution < 1.29 is 8.42 Å². The summed E-state index contributed by atoms with van der Waals surface area (Å²) in [5, 5.41) is 0.633. The number of sulfonamides is 1. The van der Waals surface area contributed by atoms with Gasteiger partial charge in [0.2, 0.25) is 10.0 Å². The lowest BCUT2D eigenvalue weighted by Crippen LogP contribution is -2.36. The fraction of sp³-hybridized carbons (Fsp3) is 0.385. The number of H-pyrrole nitrogens is 1. The minimum absolute atomic E-state index is 0.0685. The highest BCUT2D eigenvalue weighted by atomic mass is 32.2. The van der Waals surface area contributed by atoms with Crippen LogP contribution in [0.1, 0.15) is 6.92 Å². The predicted octanol–water partition coefficient (Wildman–Crippen LogP) is 2.12. The van der Waals surface area contributed by atoms with Crippen LogP contribution in [-0.2, 0) is 10.0 Å². The minimum Gasteiger partial charge on any atom is -0.399 e. The van der Waals surface area contributed by atoms with Crippen molar-refractivity contribution in [2.75, 3.05) is 24.8 Å². The molecule has 1 unspecified atom stereocenters. The molecule has 0 aliphatic rings. The second-order valence-electron chi connectivity index (χ2n) is 4.78. The molecule has 5 nitrogen and oxygen atoms in total. The van der Waals surface area contributed by atoms with Gasteiger partial charge in [-0.05, 0) is 31.4 Å². The summed E-state index contributed by atoms with van der Waals surface area (Å²) in [6, 6.07) is 5.15. The first-order valence-corrected chi connectivity index (χ1v) is 9.05. The number of nitrogens with zero attached hydrogens (tertiary/aromatic N) is 1. The van der Waals surface area contributed by atoms with Gasteiger partial charge < -0.3 is 10.7 Å². The smallest absolute Gasteiger partial charge is 0.245 e. The maximum absolute atomic E-state index is 12.7. The van der Waals surface area contributed by atoms with E-state index in [2.05, 4.69) is 4.98 Å². The summed E-state index contributed by atoms with van der Waals surface area (Å²) in [6.45, 7) is 1.90. The van der Waals surface area contributed by atoms with E-state index in [9.17, 15) is 8.42 Å². The number of fused-ring (bicyclic) bond motifs is 1. The topological polar surface area (TPSA) is 79.2 Å². The zero-order valence-electron chi connectivity index (χ0n) is 11.8. The highest BCUT2D eigenvalue weighted by molar-refractivity contribution is 7.98. The molecule has 2 aromatic rings. The molecule has 1 atom stereocenters. The van der Waals surface area contributed by atoms with Gasteiger partial charge in [-0.3, -0.25) is 0 Å². The summed E-state index contributed by atoms with van der Waals surface area (Å²) in [5.41, 5.74) is 7.07. The second-order valence-corrected chi connectivity index (χ2v) is 7.66. The van der Waals surface area contributed by atoms with Gasteiger partial charge in [0.05, 0.1) is 0 Å². The molecule has 0 saturated heterocycles. The van der Waals surface area contributed by atoms with E-state index in [4.69, 9.17) is 5.73 Å². The van der Waals surface area contributed by atoms with E-state index in [1.165, 1.54) is 10.5 Å². The number of nitrogens with two attached hydrogens (primary N) is 1. The van der Waals surface area contributed by atoms with Crippen LogP contribution in [0.2, 0.25) is 0 Å². The van der Waals surface area contributed by atoms with Crippen LogP contribution >= 0.6 is 11.8 Å². The number of benzene rings is 1. The van der Waals surface area contributed by atoms with Crippen LogP contribution in [0.3, 0.4) is 0 Å². The van der Waals surface area contributed by atoms with Crippen molar-refractivity contribution in [3.8, 4) is 0 Å². The lowest BCUT2D eigenvalue weighted by molar-refractivity contribution is 0.415. The standard InChI is InChI=1S/C13H19N3O2S2/c1-9(8-19-3)16(2)20(17,18)13-7-15-12-5-4-10(14)6-11(12)13/h4-7,9,15H,8,14H2,1-3H3. The highest BCUT2D eigenvalue weighted by Crippen LogP contribution is 2.27. The third-order valence-corrected chi connectivity index (χ3v) is 6.18. The zero-order chi connectivity index (χ0) is 14.9. The molecule has 0 amide bonds. The van der Waals surface area contributed by atoms with Crippen LogP contribution in [0.15, 0.2) is 29.3 Å². The Morgan fingerprint density at radius 3 is 2.80 bits per heavy atom. The Bertz CT molecular complexity index is 709. The first-order valence-electron chi connectivity index (χ1n) is 6.21. The number of rotatable bonds is 5. The van der Waals surface area contributed by atoms with Crippen LogP contribution in [0.5, 0.6) is 0 Å². The molecule has 2 rings (SSSR count). The molecule has 0 spiro atoms. The zero-order valence-corrected chi connectivity index (χ0v) is 13.4. The van der Waals surface area contributed by atoms with Gasteiger partial charge in [-0.25, -0.2) is 8.42 Å². The number of anilines is 1. The third kappa shape index (κ3) is 2.65. The third-order valence-electron chi connectivity index (χ3n) is 3.35. The molecule has 7 heteroatoms. The van der Waals surface area contributed by atoms with Gasteiger partial charge in [0, 0.05) is 41.6 Å². The van der Waals surface area contributed by atoms with E-state index >= 15 is 0 Å². The van der Waals surface area contributed by atoms with Gasteiger partial charge in [-0.15, -0.1) is 0 Å². The molecule has 110 valence electrons. The van der Waals surface area contributed by atoms with Crippen LogP contribution in [0.25, 0.3) is 10.9 Å². The molecular weight excluding hydrogens is 294 g/mol. The number of nitrogen functional groups attached to an aromatic ring is 1. The summed E-state index contributed by atoms with van der Waals surface area (Å²) in [5.74, 6) is 0.750. The van der Waals surface area contributed by atoms with Gasteiger partial charge in [-0.1, -0.05) is 0 Å². The number of hydrogen-bond acceptors (Lipinski definition) is 4. The molecular formula is C13H19N3O2S2. The molecule has 0 saturated carbocycles. The van der Waals surface area contributed by atoms with Gasteiger partial charge in [0.25, 0.3) is 0 Å². The Balaban J connectivity index is 2.49. The lowest BCUT2D eigenvalue weighted by atomic mass is 10.2.